The number of hydrogen-bond donors (Lipinski definition) is 1. The van der Waals surface area contributed by atoms with Crippen LogP contribution in [0, 0.1) is 0 Å². The first-order valence-electron chi connectivity index (χ1n) is 7.20. The van der Waals surface area contributed by atoms with Crippen LogP contribution in [0.2, 0.25) is 5.02 Å². The molecule has 0 spiro atoms. The number of halogens is 1. The Bertz CT molecular complexity index is 908. The van der Waals surface area contributed by atoms with Crippen LogP contribution in [0.5, 0.6) is 0 Å². The van der Waals surface area contributed by atoms with E-state index in [1.165, 1.54) is 0 Å². The lowest BCUT2D eigenvalue weighted by atomic mass is 10.1. The number of thiophene rings is 1. The molecule has 3 rings (SSSR count). The summed E-state index contributed by atoms with van der Waals surface area (Å²) in [5.41, 5.74) is 3.57. The smallest absolute Gasteiger partial charge is 0.216 e. The second-order valence-corrected chi connectivity index (χ2v) is 8.32. The molecular weight excluding hydrogens is 364 g/mol. The van der Waals surface area contributed by atoms with Gasteiger partial charge in [-0.15, -0.1) is 0 Å². The SMILES string of the molecule is O=S(=O)(Cc1ccc(Cl)cc1)NCc1cncc(-c2ccsc2)c1. The van der Waals surface area contributed by atoms with E-state index in [-0.39, 0.29) is 12.3 Å². The van der Waals surface area contributed by atoms with Crippen molar-refractivity contribution >= 4 is 33.0 Å². The lowest BCUT2D eigenvalue weighted by molar-refractivity contribution is 0.580. The number of rotatable bonds is 6. The quantitative estimate of drug-likeness (QED) is 0.703. The molecule has 3 aromatic rings. The molecule has 0 unspecified atom stereocenters. The Kier molecular flexibility index (Phi) is 5.30. The summed E-state index contributed by atoms with van der Waals surface area (Å²) >= 11 is 7.42. The van der Waals surface area contributed by atoms with E-state index in [9.17, 15) is 8.42 Å². The zero-order chi connectivity index (χ0) is 17.0. The highest BCUT2D eigenvalue weighted by Crippen LogP contribution is 2.22. The molecule has 0 saturated carbocycles. The molecule has 0 aliphatic carbocycles. The predicted octanol–water partition coefficient (Wildman–Crippen LogP) is 4.08. The second kappa shape index (κ2) is 7.44. The van der Waals surface area contributed by atoms with Crippen LogP contribution in [0.1, 0.15) is 11.1 Å². The maximum atomic E-state index is 12.2. The molecular formula is C17H15ClN2O2S2. The Morgan fingerprint density at radius 1 is 1.04 bits per heavy atom. The van der Waals surface area contributed by atoms with Crippen molar-refractivity contribution in [1.29, 1.82) is 0 Å². The van der Waals surface area contributed by atoms with Crippen molar-refractivity contribution in [2.24, 2.45) is 0 Å². The third kappa shape index (κ3) is 4.64. The Morgan fingerprint density at radius 2 is 1.83 bits per heavy atom. The molecule has 0 bridgehead atoms. The Hall–Kier alpha value is -1.73. The van der Waals surface area contributed by atoms with Crippen LogP contribution in [0.3, 0.4) is 0 Å². The van der Waals surface area contributed by atoms with E-state index in [4.69, 9.17) is 11.6 Å². The molecule has 124 valence electrons. The highest BCUT2D eigenvalue weighted by molar-refractivity contribution is 7.88. The standard InChI is InChI=1S/C17H15ClN2O2S2/c18-17-3-1-13(2-4-17)12-24(21,22)20-9-14-7-16(10-19-8-14)15-5-6-23-11-15/h1-8,10-11,20H,9,12H2. The molecule has 0 aliphatic rings. The zero-order valence-electron chi connectivity index (χ0n) is 12.6. The Morgan fingerprint density at radius 3 is 2.54 bits per heavy atom. The summed E-state index contributed by atoms with van der Waals surface area (Å²) in [6.07, 6.45) is 3.44. The van der Waals surface area contributed by atoms with E-state index < -0.39 is 10.0 Å². The lowest BCUT2D eigenvalue weighted by Gasteiger charge is -2.08. The van der Waals surface area contributed by atoms with Crippen LogP contribution in [0.4, 0.5) is 0 Å². The highest BCUT2D eigenvalue weighted by Gasteiger charge is 2.12. The van der Waals surface area contributed by atoms with Crippen LogP contribution in [-0.4, -0.2) is 13.4 Å². The number of sulfonamides is 1. The molecule has 7 heteroatoms. The number of pyridine rings is 1. The summed E-state index contributed by atoms with van der Waals surface area (Å²) in [5, 5.41) is 4.61. The van der Waals surface area contributed by atoms with Gasteiger partial charge in [0, 0.05) is 29.5 Å². The average molecular weight is 379 g/mol. The number of hydrogen-bond acceptors (Lipinski definition) is 4. The van der Waals surface area contributed by atoms with E-state index in [0.717, 1.165) is 16.7 Å². The van der Waals surface area contributed by atoms with Crippen LogP contribution in [-0.2, 0) is 22.3 Å². The number of nitrogens with one attached hydrogen (secondary N) is 1. The summed E-state index contributed by atoms with van der Waals surface area (Å²) in [7, 11) is -3.43. The van der Waals surface area contributed by atoms with Crippen LogP contribution < -0.4 is 4.72 Å². The van der Waals surface area contributed by atoms with Crippen molar-refractivity contribution in [1.82, 2.24) is 9.71 Å². The third-order valence-electron chi connectivity index (χ3n) is 3.42. The Labute approximate surface area is 150 Å². The van der Waals surface area contributed by atoms with Crippen molar-refractivity contribution in [3.05, 3.63) is 75.7 Å². The first-order valence-corrected chi connectivity index (χ1v) is 10.2. The molecule has 1 aromatic carbocycles. The van der Waals surface area contributed by atoms with Crippen LogP contribution >= 0.6 is 22.9 Å². The maximum absolute atomic E-state index is 12.2. The van der Waals surface area contributed by atoms with Crippen molar-refractivity contribution in [2.45, 2.75) is 12.3 Å². The molecule has 2 heterocycles. The fraction of sp³-hybridized carbons (Fsp3) is 0.118. The summed E-state index contributed by atoms with van der Waals surface area (Å²) in [4.78, 5) is 4.19. The van der Waals surface area contributed by atoms with Crippen molar-refractivity contribution in [3.8, 4) is 11.1 Å². The molecule has 0 amide bonds. The van der Waals surface area contributed by atoms with Gasteiger partial charge in [0.25, 0.3) is 0 Å². The summed E-state index contributed by atoms with van der Waals surface area (Å²) in [6, 6.07) is 10.7. The fourth-order valence-electron chi connectivity index (χ4n) is 2.22. The molecule has 1 N–H and O–H groups in total. The minimum absolute atomic E-state index is 0.0815. The van der Waals surface area contributed by atoms with Gasteiger partial charge in [0.15, 0.2) is 0 Å². The Balaban J connectivity index is 1.66. The average Bonchev–Trinajstić information content (AvgIpc) is 3.10. The minimum atomic E-state index is -3.43. The van der Waals surface area contributed by atoms with Crippen molar-refractivity contribution < 1.29 is 8.42 Å². The molecule has 0 fully saturated rings. The molecule has 0 saturated heterocycles. The maximum Gasteiger partial charge on any atom is 0.216 e. The summed E-state index contributed by atoms with van der Waals surface area (Å²) < 4.78 is 27.0. The molecule has 24 heavy (non-hydrogen) atoms. The van der Waals surface area contributed by atoms with Gasteiger partial charge < -0.3 is 0 Å². The zero-order valence-corrected chi connectivity index (χ0v) is 15.0. The van der Waals surface area contributed by atoms with E-state index in [0.29, 0.717) is 10.6 Å². The van der Waals surface area contributed by atoms with Gasteiger partial charge in [-0.05, 0) is 51.7 Å². The molecule has 0 aliphatic heterocycles. The number of benzene rings is 1. The van der Waals surface area contributed by atoms with Gasteiger partial charge in [0.1, 0.15) is 0 Å². The summed E-state index contributed by atoms with van der Waals surface area (Å²) in [5.74, 6) is -0.0815. The van der Waals surface area contributed by atoms with Gasteiger partial charge in [-0.2, -0.15) is 11.3 Å². The van der Waals surface area contributed by atoms with Crippen molar-refractivity contribution in [2.75, 3.05) is 0 Å². The number of nitrogens with zero attached hydrogens (tertiary/aromatic N) is 1. The van der Waals surface area contributed by atoms with Gasteiger partial charge in [-0.3, -0.25) is 4.98 Å². The third-order valence-corrected chi connectivity index (χ3v) is 5.65. The van der Waals surface area contributed by atoms with E-state index in [2.05, 4.69) is 9.71 Å². The topological polar surface area (TPSA) is 59.1 Å². The van der Waals surface area contributed by atoms with Gasteiger partial charge in [0.2, 0.25) is 10.0 Å². The predicted molar refractivity (Wildman–Crippen MR) is 98.5 cm³/mol. The first kappa shape index (κ1) is 17.1. The van der Waals surface area contributed by atoms with Gasteiger partial charge in [-0.25, -0.2) is 13.1 Å². The lowest BCUT2D eigenvalue weighted by Crippen LogP contribution is -2.24. The second-order valence-electron chi connectivity index (χ2n) is 5.30. The fourth-order valence-corrected chi connectivity index (χ4v) is 4.13. The van der Waals surface area contributed by atoms with E-state index >= 15 is 0 Å². The van der Waals surface area contributed by atoms with Crippen LogP contribution in [0.25, 0.3) is 11.1 Å². The molecule has 0 radical (unpaired) electrons. The molecule has 2 aromatic heterocycles. The summed E-state index contributed by atoms with van der Waals surface area (Å²) in [6.45, 7) is 0.209. The van der Waals surface area contributed by atoms with Crippen molar-refractivity contribution in [3.63, 3.8) is 0 Å². The van der Waals surface area contributed by atoms with E-state index in [1.54, 1.807) is 48.0 Å². The minimum Gasteiger partial charge on any atom is -0.264 e. The van der Waals surface area contributed by atoms with Gasteiger partial charge in [-0.1, -0.05) is 23.7 Å². The van der Waals surface area contributed by atoms with Gasteiger partial charge in [0.05, 0.1) is 5.75 Å². The van der Waals surface area contributed by atoms with Gasteiger partial charge >= 0.3 is 0 Å². The largest absolute Gasteiger partial charge is 0.264 e. The monoisotopic (exact) mass is 378 g/mol. The first-order chi connectivity index (χ1) is 11.5. The molecule has 4 nitrogen and oxygen atoms in total. The molecule has 0 atom stereocenters. The normalized spacial score (nSPS) is 11.5. The van der Waals surface area contributed by atoms with Crippen LogP contribution in [0.15, 0.2) is 59.6 Å². The highest BCUT2D eigenvalue weighted by atomic mass is 35.5. The van der Waals surface area contributed by atoms with E-state index in [1.807, 2.05) is 22.9 Å². The number of aromatic nitrogens is 1.